The lowest BCUT2D eigenvalue weighted by atomic mass is 10.1. The Hall–Kier alpha value is -0.970. The van der Waals surface area contributed by atoms with Crippen LogP contribution in [-0.4, -0.2) is 46.8 Å². The van der Waals surface area contributed by atoms with E-state index < -0.39 is 0 Å². The molecular formula is C12H20N2O2S. The van der Waals surface area contributed by atoms with Crippen molar-refractivity contribution >= 4 is 23.6 Å². The smallest absolute Gasteiger partial charge is 0.243 e. The largest absolute Gasteiger partial charge is 0.352 e. The van der Waals surface area contributed by atoms with Gasteiger partial charge >= 0.3 is 0 Å². The number of hydrogen-bond acceptors (Lipinski definition) is 3. The molecule has 1 aliphatic rings. The molecule has 1 fully saturated rings. The summed E-state index contributed by atoms with van der Waals surface area (Å²) in [4.78, 5) is 24.7. The summed E-state index contributed by atoms with van der Waals surface area (Å²) < 4.78 is 0.137. The van der Waals surface area contributed by atoms with Crippen LogP contribution < -0.4 is 5.32 Å². The quantitative estimate of drug-likeness (QED) is 0.764. The molecule has 0 saturated carbocycles. The van der Waals surface area contributed by atoms with E-state index in [1.807, 2.05) is 16.7 Å². The van der Waals surface area contributed by atoms with E-state index >= 15 is 0 Å². The summed E-state index contributed by atoms with van der Waals surface area (Å²) in [5.74, 6) is 0.868. The summed E-state index contributed by atoms with van der Waals surface area (Å²) in [5.41, 5.74) is 0. The first-order valence-corrected chi connectivity index (χ1v) is 6.75. The Bertz CT molecular complexity index is 316. The van der Waals surface area contributed by atoms with E-state index in [1.165, 1.54) is 6.08 Å². The van der Waals surface area contributed by atoms with Crippen LogP contribution in [-0.2, 0) is 9.59 Å². The van der Waals surface area contributed by atoms with Gasteiger partial charge in [0, 0.05) is 36.6 Å². The van der Waals surface area contributed by atoms with Gasteiger partial charge in [0.05, 0.1) is 0 Å². The normalized spacial score (nSPS) is 18.6. The van der Waals surface area contributed by atoms with E-state index in [-0.39, 0.29) is 16.6 Å². The van der Waals surface area contributed by atoms with Crippen LogP contribution in [0.1, 0.15) is 20.3 Å². The fourth-order valence-electron chi connectivity index (χ4n) is 1.75. The van der Waals surface area contributed by atoms with Gasteiger partial charge in [-0.1, -0.05) is 6.58 Å². The van der Waals surface area contributed by atoms with Crippen molar-refractivity contribution in [2.24, 2.45) is 0 Å². The van der Waals surface area contributed by atoms with Crippen molar-refractivity contribution in [3.05, 3.63) is 12.7 Å². The van der Waals surface area contributed by atoms with Gasteiger partial charge in [-0.3, -0.25) is 9.59 Å². The SMILES string of the molecule is C=CC(=O)NCCC(=O)N1CCSC(C)(C)C1. The number of amides is 2. The molecule has 5 heteroatoms. The molecule has 96 valence electrons. The third-order valence-electron chi connectivity index (χ3n) is 2.60. The zero-order valence-corrected chi connectivity index (χ0v) is 11.3. The monoisotopic (exact) mass is 256 g/mol. The minimum absolute atomic E-state index is 0.114. The van der Waals surface area contributed by atoms with Crippen molar-refractivity contribution in [1.82, 2.24) is 10.2 Å². The Morgan fingerprint density at radius 2 is 2.24 bits per heavy atom. The van der Waals surface area contributed by atoms with E-state index in [9.17, 15) is 9.59 Å². The fourth-order valence-corrected chi connectivity index (χ4v) is 2.86. The molecule has 1 N–H and O–H groups in total. The predicted molar refractivity (Wildman–Crippen MR) is 70.9 cm³/mol. The molecule has 0 radical (unpaired) electrons. The topological polar surface area (TPSA) is 49.4 Å². The minimum Gasteiger partial charge on any atom is -0.352 e. The summed E-state index contributed by atoms with van der Waals surface area (Å²) in [6.45, 7) is 9.63. The first-order valence-electron chi connectivity index (χ1n) is 5.76. The van der Waals surface area contributed by atoms with Gasteiger partial charge in [-0.05, 0) is 19.9 Å². The van der Waals surface area contributed by atoms with E-state index in [2.05, 4.69) is 25.7 Å². The Kier molecular flexibility index (Phi) is 5.05. The van der Waals surface area contributed by atoms with Crippen molar-refractivity contribution in [3.8, 4) is 0 Å². The summed E-state index contributed by atoms with van der Waals surface area (Å²) in [5, 5.41) is 2.61. The second-order valence-electron chi connectivity index (χ2n) is 4.67. The molecule has 0 aromatic heterocycles. The third kappa shape index (κ3) is 4.81. The maximum Gasteiger partial charge on any atom is 0.243 e. The number of carbonyl (C=O) groups is 2. The lowest BCUT2D eigenvalue weighted by Gasteiger charge is -2.37. The molecule has 0 aromatic carbocycles. The standard InChI is InChI=1S/C12H20N2O2S/c1-4-10(15)13-6-5-11(16)14-7-8-17-12(2,3)9-14/h4H,1,5-9H2,2-3H3,(H,13,15). The maximum atomic E-state index is 11.9. The highest BCUT2D eigenvalue weighted by molar-refractivity contribution is 8.00. The van der Waals surface area contributed by atoms with Crippen molar-refractivity contribution in [1.29, 1.82) is 0 Å². The van der Waals surface area contributed by atoms with Gasteiger partial charge in [0.15, 0.2) is 0 Å². The molecule has 1 rings (SSSR count). The van der Waals surface area contributed by atoms with Gasteiger partial charge in [-0.15, -0.1) is 0 Å². The van der Waals surface area contributed by atoms with Crippen molar-refractivity contribution < 1.29 is 9.59 Å². The van der Waals surface area contributed by atoms with Crippen molar-refractivity contribution in [2.45, 2.75) is 25.0 Å². The van der Waals surface area contributed by atoms with Crippen LogP contribution in [0.5, 0.6) is 0 Å². The second-order valence-corrected chi connectivity index (χ2v) is 6.47. The highest BCUT2D eigenvalue weighted by Crippen LogP contribution is 2.29. The molecule has 0 atom stereocenters. The van der Waals surface area contributed by atoms with E-state index in [0.29, 0.717) is 13.0 Å². The molecule has 0 bridgehead atoms. The van der Waals surface area contributed by atoms with Gasteiger partial charge < -0.3 is 10.2 Å². The predicted octanol–water partition coefficient (Wildman–Crippen LogP) is 1.03. The molecule has 1 heterocycles. The van der Waals surface area contributed by atoms with Gasteiger partial charge in [0.25, 0.3) is 0 Å². The van der Waals surface area contributed by atoms with E-state index in [0.717, 1.165) is 18.8 Å². The molecule has 4 nitrogen and oxygen atoms in total. The lowest BCUT2D eigenvalue weighted by molar-refractivity contribution is -0.131. The summed E-state index contributed by atoms with van der Waals surface area (Å²) >= 11 is 1.90. The molecule has 1 saturated heterocycles. The van der Waals surface area contributed by atoms with Crippen LogP contribution >= 0.6 is 11.8 Å². The van der Waals surface area contributed by atoms with Gasteiger partial charge in [0.2, 0.25) is 11.8 Å². The summed E-state index contributed by atoms with van der Waals surface area (Å²) in [6, 6.07) is 0. The number of carbonyl (C=O) groups excluding carboxylic acids is 2. The molecule has 0 spiro atoms. The summed E-state index contributed by atoms with van der Waals surface area (Å²) in [7, 11) is 0. The first-order chi connectivity index (χ1) is 7.94. The number of hydrogen-bond donors (Lipinski definition) is 1. The van der Waals surface area contributed by atoms with Gasteiger partial charge in [0.1, 0.15) is 0 Å². The molecule has 0 unspecified atom stereocenters. The third-order valence-corrected chi connectivity index (χ3v) is 3.90. The maximum absolute atomic E-state index is 11.9. The molecule has 1 aliphatic heterocycles. The van der Waals surface area contributed by atoms with Crippen LogP contribution in [0.4, 0.5) is 0 Å². The molecule has 17 heavy (non-hydrogen) atoms. The van der Waals surface area contributed by atoms with Crippen LogP contribution in [0.2, 0.25) is 0 Å². The number of rotatable bonds is 4. The van der Waals surface area contributed by atoms with Crippen LogP contribution in [0.15, 0.2) is 12.7 Å². The van der Waals surface area contributed by atoms with Crippen LogP contribution in [0.25, 0.3) is 0 Å². The average molecular weight is 256 g/mol. The van der Waals surface area contributed by atoms with E-state index in [4.69, 9.17) is 0 Å². The Morgan fingerprint density at radius 3 is 2.82 bits per heavy atom. The Balaban J connectivity index is 2.32. The fraction of sp³-hybridized carbons (Fsp3) is 0.667. The van der Waals surface area contributed by atoms with E-state index in [1.54, 1.807) is 0 Å². The number of thioether (sulfide) groups is 1. The average Bonchev–Trinajstić information content (AvgIpc) is 2.27. The highest BCUT2D eigenvalue weighted by atomic mass is 32.2. The zero-order chi connectivity index (χ0) is 12.9. The molecule has 2 amide bonds. The number of nitrogens with one attached hydrogen (secondary N) is 1. The van der Waals surface area contributed by atoms with Crippen LogP contribution in [0.3, 0.4) is 0 Å². The highest BCUT2D eigenvalue weighted by Gasteiger charge is 2.29. The Labute approximate surface area is 107 Å². The van der Waals surface area contributed by atoms with Gasteiger partial charge in [-0.2, -0.15) is 11.8 Å². The van der Waals surface area contributed by atoms with Crippen molar-refractivity contribution in [2.75, 3.05) is 25.4 Å². The first kappa shape index (κ1) is 14.1. The zero-order valence-electron chi connectivity index (χ0n) is 10.5. The van der Waals surface area contributed by atoms with Crippen LogP contribution in [0, 0.1) is 0 Å². The second kappa shape index (κ2) is 6.10. The molecule has 0 aromatic rings. The number of nitrogens with zero attached hydrogens (tertiary/aromatic N) is 1. The lowest BCUT2D eigenvalue weighted by Crippen LogP contribution is -2.46. The van der Waals surface area contributed by atoms with Gasteiger partial charge in [-0.25, -0.2) is 0 Å². The molecular weight excluding hydrogens is 236 g/mol. The Morgan fingerprint density at radius 1 is 1.53 bits per heavy atom. The minimum atomic E-state index is -0.229. The molecule has 0 aliphatic carbocycles. The summed E-state index contributed by atoms with van der Waals surface area (Å²) in [6.07, 6.45) is 1.57. The van der Waals surface area contributed by atoms with Crippen molar-refractivity contribution in [3.63, 3.8) is 0 Å².